The van der Waals surface area contributed by atoms with Crippen LogP contribution in [-0.2, 0) is 4.79 Å². The van der Waals surface area contributed by atoms with E-state index in [0.717, 1.165) is 40.9 Å². The van der Waals surface area contributed by atoms with Crippen molar-refractivity contribution < 1.29 is 9.18 Å². The van der Waals surface area contributed by atoms with Crippen molar-refractivity contribution in [2.45, 2.75) is 19.8 Å². The second-order valence-electron chi connectivity index (χ2n) is 6.54. The van der Waals surface area contributed by atoms with Crippen molar-refractivity contribution in [3.05, 3.63) is 47.4 Å². The first kappa shape index (κ1) is 16.9. The molecule has 2 aromatic heterocycles. The number of aryl methyl sites for hydroxylation is 1. The van der Waals surface area contributed by atoms with Gasteiger partial charge < -0.3 is 10.2 Å². The number of anilines is 2. The summed E-state index contributed by atoms with van der Waals surface area (Å²) in [5, 5.41) is 4.34. The van der Waals surface area contributed by atoms with Gasteiger partial charge in [0.25, 0.3) is 0 Å². The fourth-order valence-electron chi connectivity index (χ4n) is 3.41. The van der Waals surface area contributed by atoms with Gasteiger partial charge in [-0.1, -0.05) is 0 Å². The molecule has 0 radical (unpaired) electrons. The molecular formula is C19H19FN4OS. The Kier molecular flexibility index (Phi) is 4.55. The van der Waals surface area contributed by atoms with Gasteiger partial charge in [-0.05, 0) is 44.0 Å². The summed E-state index contributed by atoms with van der Waals surface area (Å²) in [6.07, 6.45) is 5.24. The second-order valence-corrected chi connectivity index (χ2v) is 7.78. The van der Waals surface area contributed by atoms with Gasteiger partial charge in [-0.3, -0.25) is 9.78 Å². The van der Waals surface area contributed by atoms with Gasteiger partial charge in [-0.25, -0.2) is 9.37 Å². The molecule has 1 aliphatic rings. The van der Waals surface area contributed by atoms with Crippen LogP contribution in [0, 0.1) is 18.7 Å². The quantitative estimate of drug-likeness (QED) is 0.757. The molecule has 1 amide bonds. The van der Waals surface area contributed by atoms with E-state index in [0.29, 0.717) is 11.7 Å². The minimum absolute atomic E-state index is 0.00593. The van der Waals surface area contributed by atoms with Crippen LogP contribution >= 0.6 is 11.3 Å². The normalized spacial score (nSPS) is 17.5. The number of fused-ring (bicyclic) bond motifs is 1. The van der Waals surface area contributed by atoms with E-state index in [2.05, 4.69) is 20.2 Å². The standard InChI is InChI=1S/C19H19FN4OS/c1-12-10-22-19(26-12)23-18(25)13-3-2-8-24(11-13)17-6-7-21-16-5-4-14(20)9-15(16)17/h4-7,9-10,13H,2-3,8,11H2,1H3,(H,22,23,25). The van der Waals surface area contributed by atoms with Crippen molar-refractivity contribution in [1.29, 1.82) is 0 Å². The molecule has 1 N–H and O–H groups in total. The van der Waals surface area contributed by atoms with E-state index in [9.17, 15) is 9.18 Å². The Bertz CT molecular complexity index is 958. The van der Waals surface area contributed by atoms with Crippen molar-refractivity contribution in [3.8, 4) is 0 Å². The minimum atomic E-state index is -0.280. The summed E-state index contributed by atoms with van der Waals surface area (Å²) in [7, 11) is 0. The van der Waals surface area contributed by atoms with Crippen LogP contribution in [0.25, 0.3) is 10.9 Å². The summed E-state index contributed by atoms with van der Waals surface area (Å²) in [4.78, 5) is 24.4. The molecule has 0 spiro atoms. The van der Waals surface area contributed by atoms with Gasteiger partial charge in [0, 0.05) is 41.4 Å². The molecule has 4 rings (SSSR count). The monoisotopic (exact) mass is 370 g/mol. The summed E-state index contributed by atoms with van der Waals surface area (Å²) in [5.74, 6) is -0.407. The highest BCUT2D eigenvalue weighted by Gasteiger charge is 2.27. The maximum absolute atomic E-state index is 13.7. The molecule has 1 atom stereocenters. The van der Waals surface area contributed by atoms with Crippen LogP contribution in [0.5, 0.6) is 0 Å². The lowest BCUT2D eigenvalue weighted by Crippen LogP contribution is -2.40. The fourth-order valence-corrected chi connectivity index (χ4v) is 4.08. The lowest BCUT2D eigenvalue weighted by molar-refractivity contribution is -0.120. The van der Waals surface area contributed by atoms with E-state index in [1.54, 1.807) is 18.5 Å². The molecule has 3 heterocycles. The van der Waals surface area contributed by atoms with Crippen LogP contribution in [0.15, 0.2) is 36.7 Å². The fraction of sp³-hybridized carbons (Fsp3) is 0.316. The van der Waals surface area contributed by atoms with E-state index in [-0.39, 0.29) is 17.6 Å². The molecule has 1 saturated heterocycles. The third-order valence-corrected chi connectivity index (χ3v) is 5.49. The van der Waals surface area contributed by atoms with E-state index >= 15 is 0 Å². The molecule has 1 aliphatic heterocycles. The zero-order valence-electron chi connectivity index (χ0n) is 14.4. The number of hydrogen-bond donors (Lipinski definition) is 1. The summed E-state index contributed by atoms with van der Waals surface area (Å²) in [5.41, 5.74) is 1.69. The van der Waals surface area contributed by atoms with Crippen LogP contribution in [0.1, 0.15) is 17.7 Å². The SMILES string of the molecule is Cc1cnc(NC(=O)C2CCCN(c3ccnc4ccc(F)cc34)C2)s1. The molecule has 134 valence electrons. The molecule has 5 nitrogen and oxygen atoms in total. The summed E-state index contributed by atoms with van der Waals surface area (Å²) >= 11 is 1.47. The van der Waals surface area contributed by atoms with E-state index < -0.39 is 0 Å². The number of rotatable bonds is 3. The first-order chi connectivity index (χ1) is 12.6. The third kappa shape index (κ3) is 3.39. The Labute approximate surface area is 154 Å². The molecule has 7 heteroatoms. The van der Waals surface area contributed by atoms with Crippen molar-refractivity contribution in [2.24, 2.45) is 5.92 Å². The number of nitrogens with one attached hydrogen (secondary N) is 1. The molecule has 26 heavy (non-hydrogen) atoms. The topological polar surface area (TPSA) is 58.1 Å². The Morgan fingerprint density at radius 3 is 3.04 bits per heavy atom. The average molecular weight is 370 g/mol. The molecule has 0 bridgehead atoms. The van der Waals surface area contributed by atoms with E-state index in [4.69, 9.17) is 0 Å². The first-order valence-electron chi connectivity index (χ1n) is 8.62. The minimum Gasteiger partial charge on any atom is -0.370 e. The smallest absolute Gasteiger partial charge is 0.231 e. The number of nitrogens with zero attached hydrogens (tertiary/aromatic N) is 3. The highest BCUT2D eigenvalue weighted by Crippen LogP contribution is 2.30. The van der Waals surface area contributed by atoms with Gasteiger partial charge in [-0.2, -0.15) is 0 Å². The molecular weight excluding hydrogens is 351 g/mol. The van der Waals surface area contributed by atoms with E-state index in [1.807, 2.05) is 13.0 Å². The Morgan fingerprint density at radius 1 is 1.35 bits per heavy atom. The number of benzene rings is 1. The summed E-state index contributed by atoms with van der Waals surface area (Å²) < 4.78 is 13.7. The van der Waals surface area contributed by atoms with Crippen LogP contribution in [0.2, 0.25) is 0 Å². The van der Waals surface area contributed by atoms with Crippen LogP contribution in [0.3, 0.4) is 0 Å². The Morgan fingerprint density at radius 2 is 2.23 bits per heavy atom. The number of pyridine rings is 1. The number of aromatic nitrogens is 2. The lowest BCUT2D eigenvalue weighted by atomic mass is 9.96. The number of carbonyl (C=O) groups excluding carboxylic acids is 1. The Balaban J connectivity index is 1.55. The van der Waals surface area contributed by atoms with Crippen LogP contribution in [0.4, 0.5) is 15.2 Å². The number of hydrogen-bond acceptors (Lipinski definition) is 5. The lowest BCUT2D eigenvalue weighted by Gasteiger charge is -2.34. The van der Waals surface area contributed by atoms with Gasteiger partial charge >= 0.3 is 0 Å². The summed E-state index contributed by atoms with van der Waals surface area (Å²) in [6, 6.07) is 6.51. The largest absolute Gasteiger partial charge is 0.370 e. The van der Waals surface area contributed by atoms with Gasteiger partial charge in [-0.15, -0.1) is 11.3 Å². The maximum Gasteiger partial charge on any atom is 0.231 e. The molecule has 0 saturated carbocycles. The van der Waals surface area contributed by atoms with Gasteiger partial charge in [0.05, 0.1) is 11.4 Å². The number of carbonyl (C=O) groups is 1. The predicted molar refractivity (Wildman–Crippen MR) is 102 cm³/mol. The van der Waals surface area contributed by atoms with Gasteiger partial charge in [0.2, 0.25) is 5.91 Å². The number of amides is 1. The first-order valence-corrected chi connectivity index (χ1v) is 9.44. The van der Waals surface area contributed by atoms with Crippen molar-refractivity contribution in [3.63, 3.8) is 0 Å². The zero-order chi connectivity index (χ0) is 18.1. The maximum atomic E-state index is 13.7. The van der Waals surface area contributed by atoms with Crippen molar-refractivity contribution >= 4 is 39.0 Å². The predicted octanol–water partition coefficient (Wildman–Crippen LogP) is 3.99. The van der Waals surface area contributed by atoms with E-state index in [1.165, 1.54) is 23.5 Å². The number of halogens is 1. The van der Waals surface area contributed by atoms with Crippen LogP contribution in [-0.4, -0.2) is 29.0 Å². The zero-order valence-corrected chi connectivity index (χ0v) is 15.2. The number of thiazole rings is 1. The molecule has 1 fully saturated rings. The van der Waals surface area contributed by atoms with Crippen LogP contribution < -0.4 is 10.2 Å². The van der Waals surface area contributed by atoms with Gasteiger partial charge in [0.15, 0.2) is 5.13 Å². The van der Waals surface area contributed by atoms with Gasteiger partial charge in [0.1, 0.15) is 5.82 Å². The van der Waals surface area contributed by atoms with Crippen molar-refractivity contribution in [1.82, 2.24) is 9.97 Å². The number of piperidine rings is 1. The highest BCUT2D eigenvalue weighted by atomic mass is 32.1. The third-order valence-electron chi connectivity index (χ3n) is 4.66. The Hall–Kier alpha value is -2.54. The molecule has 1 unspecified atom stereocenters. The molecule has 1 aromatic carbocycles. The second kappa shape index (κ2) is 6.99. The molecule has 0 aliphatic carbocycles. The highest BCUT2D eigenvalue weighted by molar-refractivity contribution is 7.15. The van der Waals surface area contributed by atoms with Crippen molar-refractivity contribution in [2.75, 3.05) is 23.3 Å². The average Bonchev–Trinajstić information content (AvgIpc) is 3.06. The summed E-state index contributed by atoms with van der Waals surface area (Å²) in [6.45, 7) is 3.41. The molecule has 3 aromatic rings.